The highest BCUT2D eigenvalue weighted by Gasteiger charge is 2.44. The number of nitrogens with one attached hydrogen (secondary N) is 2. The Bertz CT molecular complexity index is 1120. The van der Waals surface area contributed by atoms with Crippen molar-refractivity contribution in [3.05, 3.63) is 47.8 Å². The lowest BCUT2D eigenvalue weighted by Crippen LogP contribution is -2.56. The van der Waals surface area contributed by atoms with Crippen LogP contribution < -0.4 is 10.6 Å². The van der Waals surface area contributed by atoms with E-state index >= 15 is 0 Å². The Morgan fingerprint density at radius 2 is 1.74 bits per heavy atom. The van der Waals surface area contributed by atoms with E-state index in [1.807, 2.05) is 41.4 Å². The van der Waals surface area contributed by atoms with Gasteiger partial charge in [0.1, 0.15) is 6.04 Å². The zero-order chi connectivity index (χ0) is 27.1. The van der Waals surface area contributed by atoms with E-state index in [-0.39, 0.29) is 17.7 Å². The lowest BCUT2D eigenvalue weighted by Gasteiger charge is -2.41. The molecule has 0 aliphatic carbocycles. The maximum Gasteiger partial charge on any atom is 0.242 e. The van der Waals surface area contributed by atoms with Crippen LogP contribution in [0.1, 0.15) is 56.2 Å². The topological polar surface area (TPSA) is 112 Å². The number of benzene rings is 1. The Kier molecular flexibility index (Phi) is 8.91. The van der Waals surface area contributed by atoms with Gasteiger partial charge in [-0.05, 0) is 50.8 Å². The van der Waals surface area contributed by atoms with Crippen molar-refractivity contribution in [3.63, 3.8) is 0 Å². The van der Waals surface area contributed by atoms with Crippen LogP contribution in [-0.2, 0) is 33.8 Å². The van der Waals surface area contributed by atoms with Crippen LogP contribution in [0.5, 0.6) is 0 Å². The second-order valence-electron chi connectivity index (χ2n) is 11.3. The summed E-state index contributed by atoms with van der Waals surface area (Å²) in [6.07, 6.45) is 8.77. The van der Waals surface area contributed by atoms with E-state index in [4.69, 9.17) is 0 Å². The highest BCUT2D eigenvalue weighted by Crippen LogP contribution is 2.36. The van der Waals surface area contributed by atoms with Gasteiger partial charge in [0.15, 0.2) is 0 Å². The first-order valence-corrected chi connectivity index (χ1v) is 14.5. The second-order valence-corrected chi connectivity index (χ2v) is 11.3. The SMILES string of the molecule is O=C1NCCCn2cc(nn2)CC2(CCN(C(=O)CCN3CCCCC3)CC2)C(=O)N[C@H]1Cc1ccccc1. The molecule has 2 aromatic rings. The number of carbonyl (C=O) groups is 3. The van der Waals surface area contributed by atoms with Crippen molar-refractivity contribution in [2.75, 3.05) is 39.3 Å². The van der Waals surface area contributed by atoms with Gasteiger partial charge < -0.3 is 20.4 Å². The third kappa shape index (κ3) is 7.03. The summed E-state index contributed by atoms with van der Waals surface area (Å²) in [6, 6.07) is 9.10. The minimum atomic E-state index is -0.756. The maximum atomic E-state index is 14.0. The predicted molar refractivity (Wildman–Crippen MR) is 147 cm³/mol. The Morgan fingerprint density at radius 3 is 2.51 bits per heavy atom. The standard InChI is InChI=1S/C29H41N7O3/c37-26(10-17-34-14-5-2-6-15-34)35-18-11-29(12-19-35)21-24-22-36(33-32-24)16-7-13-30-27(38)25(31-28(29)39)20-23-8-3-1-4-9-23/h1,3-4,8-9,22,25H,2,5-7,10-21H2,(H,30,38)(H,31,39)/t25-/m0/s1. The molecule has 10 nitrogen and oxygen atoms in total. The molecular formula is C29H41N7O3. The molecule has 0 saturated carbocycles. The number of likely N-dealkylation sites (tertiary alicyclic amines) is 2. The molecule has 2 N–H and O–H groups in total. The maximum absolute atomic E-state index is 14.0. The molecular weight excluding hydrogens is 494 g/mol. The number of hydrogen-bond donors (Lipinski definition) is 2. The van der Waals surface area contributed by atoms with Crippen molar-refractivity contribution in [1.82, 2.24) is 35.4 Å². The number of aromatic nitrogens is 3. The Hall–Kier alpha value is -3.27. The van der Waals surface area contributed by atoms with Crippen molar-refractivity contribution in [2.24, 2.45) is 5.41 Å². The molecule has 39 heavy (non-hydrogen) atoms. The van der Waals surface area contributed by atoms with Gasteiger partial charge in [0.25, 0.3) is 0 Å². The van der Waals surface area contributed by atoms with E-state index in [1.165, 1.54) is 19.3 Å². The Labute approximate surface area is 230 Å². The van der Waals surface area contributed by atoms with Gasteiger partial charge in [-0.2, -0.15) is 0 Å². The number of carbonyl (C=O) groups excluding carboxylic acids is 3. The molecule has 210 valence electrons. The quantitative estimate of drug-likeness (QED) is 0.601. The molecule has 1 aromatic heterocycles. The molecule has 0 radical (unpaired) electrons. The molecule has 2 fully saturated rings. The van der Waals surface area contributed by atoms with Gasteiger partial charge in [-0.1, -0.05) is 42.0 Å². The lowest BCUT2D eigenvalue weighted by atomic mass is 9.73. The number of aryl methyl sites for hydroxylation is 1. The summed E-state index contributed by atoms with van der Waals surface area (Å²) in [6.45, 7) is 5.15. The number of piperidine rings is 2. The van der Waals surface area contributed by atoms with E-state index in [9.17, 15) is 14.4 Å². The van der Waals surface area contributed by atoms with Crippen LogP contribution in [0.2, 0.25) is 0 Å². The normalized spacial score (nSPS) is 22.8. The molecule has 1 atom stereocenters. The van der Waals surface area contributed by atoms with Crippen LogP contribution in [0.15, 0.2) is 36.5 Å². The lowest BCUT2D eigenvalue weighted by molar-refractivity contribution is -0.142. The fraction of sp³-hybridized carbons (Fsp3) is 0.621. The average molecular weight is 536 g/mol. The van der Waals surface area contributed by atoms with Crippen molar-refractivity contribution < 1.29 is 14.4 Å². The van der Waals surface area contributed by atoms with Crippen molar-refractivity contribution in [1.29, 1.82) is 0 Å². The predicted octanol–water partition coefficient (Wildman–Crippen LogP) is 1.55. The number of hydrogen-bond acceptors (Lipinski definition) is 6. The third-order valence-electron chi connectivity index (χ3n) is 8.52. The number of amides is 3. The van der Waals surface area contributed by atoms with Gasteiger partial charge >= 0.3 is 0 Å². The van der Waals surface area contributed by atoms with Crippen LogP contribution >= 0.6 is 0 Å². The zero-order valence-corrected chi connectivity index (χ0v) is 22.8. The molecule has 2 bridgehead atoms. The minimum absolute atomic E-state index is 0.146. The highest BCUT2D eigenvalue weighted by molar-refractivity contribution is 5.90. The largest absolute Gasteiger partial charge is 0.354 e. The van der Waals surface area contributed by atoms with Gasteiger partial charge in [-0.15, -0.1) is 5.10 Å². The van der Waals surface area contributed by atoms with Crippen LogP contribution in [0.3, 0.4) is 0 Å². The minimum Gasteiger partial charge on any atom is -0.354 e. The molecule has 3 amide bonds. The molecule has 5 rings (SSSR count). The van der Waals surface area contributed by atoms with Gasteiger partial charge in [-0.3, -0.25) is 19.1 Å². The van der Waals surface area contributed by atoms with Crippen LogP contribution in [-0.4, -0.2) is 87.8 Å². The number of nitrogens with zero attached hydrogens (tertiary/aromatic N) is 5. The van der Waals surface area contributed by atoms with E-state index < -0.39 is 11.5 Å². The monoisotopic (exact) mass is 535 g/mol. The third-order valence-corrected chi connectivity index (χ3v) is 8.52. The van der Waals surface area contributed by atoms with Gasteiger partial charge in [0.2, 0.25) is 17.7 Å². The number of fused-ring (bicyclic) bond motifs is 2. The first-order chi connectivity index (χ1) is 19.0. The van der Waals surface area contributed by atoms with Gasteiger partial charge in [-0.25, -0.2) is 0 Å². The first-order valence-electron chi connectivity index (χ1n) is 14.5. The van der Waals surface area contributed by atoms with E-state index in [0.717, 1.165) is 37.3 Å². The molecule has 0 unspecified atom stereocenters. The fourth-order valence-electron chi connectivity index (χ4n) is 6.08. The average Bonchev–Trinajstić information content (AvgIpc) is 3.41. The van der Waals surface area contributed by atoms with Gasteiger partial charge in [0, 0.05) is 58.2 Å². The fourth-order valence-corrected chi connectivity index (χ4v) is 6.08. The summed E-state index contributed by atoms with van der Waals surface area (Å²) in [5.74, 6) is -0.161. The van der Waals surface area contributed by atoms with Crippen molar-refractivity contribution >= 4 is 17.7 Å². The Balaban J connectivity index is 1.30. The molecule has 3 aliphatic rings. The summed E-state index contributed by atoms with van der Waals surface area (Å²) >= 11 is 0. The van der Waals surface area contributed by atoms with Crippen LogP contribution in [0.4, 0.5) is 0 Å². The molecule has 1 spiro atoms. The van der Waals surface area contributed by atoms with Gasteiger partial charge in [0.05, 0.1) is 11.1 Å². The molecule has 2 saturated heterocycles. The smallest absolute Gasteiger partial charge is 0.242 e. The van der Waals surface area contributed by atoms with Crippen molar-refractivity contribution in [3.8, 4) is 0 Å². The van der Waals surface area contributed by atoms with E-state index in [1.54, 1.807) is 4.68 Å². The first kappa shape index (κ1) is 27.3. The van der Waals surface area contributed by atoms with Crippen molar-refractivity contribution in [2.45, 2.75) is 70.4 Å². The summed E-state index contributed by atoms with van der Waals surface area (Å²) in [5.41, 5.74) is 1.01. The van der Waals surface area contributed by atoms with Crippen LogP contribution in [0, 0.1) is 5.41 Å². The summed E-state index contributed by atoms with van der Waals surface area (Å²) < 4.78 is 1.78. The summed E-state index contributed by atoms with van der Waals surface area (Å²) in [4.78, 5) is 44.6. The summed E-state index contributed by atoms with van der Waals surface area (Å²) in [7, 11) is 0. The molecule has 4 heterocycles. The molecule has 10 heteroatoms. The zero-order valence-electron chi connectivity index (χ0n) is 22.8. The molecule has 3 aliphatic heterocycles. The van der Waals surface area contributed by atoms with E-state index in [2.05, 4.69) is 25.8 Å². The van der Waals surface area contributed by atoms with Crippen LogP contribution in [0.25, 0.3) is 0 Å². The Morgan fingerprint density at radius 1 is 0.974 bits per heavy atom. The molecule has 1 aromatic carbocycles. The second kappa shape index (κ2) is 12.7. The van der Waals surface area contributed by atoms with E-state index in [0.29, 0.717) is 58.3 Å². The number of rotatable bonds is 5. The summed E-state index contributed by atoms with van der Waals surface area (Å²) in [5, 5.41) is 14.7. The highest BCUT2D eigenvalue weighted by atomic mass is 16.2.